The molecule has 0 amide bonds. The van der Waals surface area contributed by atoms with Crippen LogP contribution in [-0.4, -0.2) is 0 Å². The van der Waals surface area contributed by atoms with E-state index in [1.54, 1.807) is 0 Å². The van der Waals surface area contributed by atoms with E-state index in [0.29, 0.717) is 5.41 Å². The van der Waals surface area contributed by atoms with Gasteiger partial charge in [0, 0.05) is 0 Å². The Morgan fingerprint density at radius 1 is 0.846 bits per heavy atom. The summed E-state index contributed by atoms with van der Waals surface area (Å²) in [5.74, 6) is 1.58. The molecule has 0 fully saturated rings. The molecule has 0 aliphatic rings. The molecular formula is C13H32. The molecule has 0 saturated carbocycles. The highest BCUT2D eigenvalue weighted by atomic mass is 14.3. The lowest BCUT2D eigenvalue weighted by Gasteiger charge is -2.33. The van der Waals surface area contributed by atoms with Gasteiger partial charge in [-0.2, -0.15) is 0 Å². The second-order valence-electron chi connectivity index (χ2n) is 4.84. The van der Waals surface area contributed by atoms with E-state index in [0.717, 1.165) is 11.8 Å². The summed E-state index contributed by atoms with van der Waals surface area (Å²) in [4.78, 5) is 0. The van der Waals surface area contributed by atoms with E-state index in [-0.39, 0.29) is 7.43 Å². The van der Waals surface area contributed by atoms with Crippen LogP contribution in [0.2, 0.25) is 0 Å². The second-order valence-corrected chi connectivity index (χ2v) is 4.84. The molecule has 84 valence electrons. The molecule has 0 unspecified atom stereocenters. The van der Waals surface area contributed by atoms with Gasteiger partial charge in [-0.25, -0.2) is 0 Å². The Bertz CT molecular complexity index is 78.2. The fraction of sp³-hybridized carbons (Fsp3) is 1.00. The maximum absolute atomic E-state index is 2.34. The first kappa shape index (κ1) is 18.7. The van der Waals surface area contributed by atoms with Crippen LogP contribution in [0.4, 0.5) is 0 Å². The molecule has 0 aromatic rings. The van der Waals surface area contributed by atoms with Gasteiger partial charge in [-0.05, 0) is 17.3 Å². The number of hydrogen-bond acceptors (Lipinski definition) is 0. The highest BCUT2D eigenvalue weighted by Gasteiger charge is 2.25. The Morgan fingerprint density at radius 2 is 1.00 bits per heavy atom. The number of hydrogen-bond donors (Lipinski definition) is 0. The summed E-state index contributed by atoms with van der Waals surface area (Å²) in [5, 5.41) is 0. The monoisotopic (exact) mass is 188 g/mol. The van der Waals surface area contributed by atoms with Gasteiger partial charge < -0.3 is 0 Å². The summed E-state index contributed by atoms with van der Waals surface area (Å²) < 4.78 is 0. The lowest BCUT2D eigenvalue weighted by Crippen LogP contribution is -2.25. The van der Waals surface area contributed by atoms with Gasteiger partial charge in [-0.1, -0.05) is 69.2 Å². The molecule has 0 N–H and O–H groups in total. The van der Waals surface area contributed by atoms with Crippen LogP contribution in [-0.2, 0) is 0 Å². The van der Waals surface area contributed by atoms with Crippen molar-refractivity contribution in [2.45, 2.75) is 69.2 Å². The smallest absolute Gasteiger partial charge is 0.0308 e. The zero-order valence-corrected chi connectivity index (χ0v) is 10.4. The van der Waals surface area contributed by atoms with E-state index in [1.165, 1.54) is 6.42 Å². The van der Waals surface area contributed by atoms with Gasteiger partial charge in [0.2, 0.25) is 0 Å². The Hall–Kier alpha value is 0. The quantitative estimate of drug-likeness (QED) is 0.546. The van der Waals surface area contributed by atoms with E-state index in [2.05, 4.69) is 55.4 Å². The third-order valence-corrected chi connectivity index (χ3v) is 2.98. The average molecular weight is 188 g/mol. The van der Waals surface area contributed by atoms with Crippen molar-refractivity contribution in [1.82, 2.24) is 0 Å². The van der Waals surface area contributed by atoms with Crippen LogP contribution in [0.25, 0.3) is 0 Å². The lowest BCUT2D eigenvalue weighted by molar-refractivity contribution is 0.165. The molecule has 0 rings (SSSR count). The predicted octanol–water partition coefficient (Wildman–Crippen LogP) is 5.38. The van der Waals surface area contributed by atoms with Crippen molar-refractivity contribution in [3.05, 3.63) is 0 Å². The molecule has 0 aliphatic carbocycles. The molecule has 0 spiro atoms. The molecule has 0 bridgehead atoms. The molecule has 0 atom stereocenters. The minimum atomic E-state index is 0. The zero-order chi connectivity index (χ0) is 10.4. The summed E-state index contributed by atoms with van der Waals surface area (Å²) in [5.41, 5.74) is 0.500. The highest BCUT2D eigenvalue weighted by molar-refractivity contribution is 4.75. The summed E-state index contributed by atoms with van der Waals surface area (Å²) >= 11 is 0. The van der Waals surface area contributed by atoms with Gasteiger partial charge in [-0.3, -0.25) is 0 Å². The minimum absolute atomic E-state index is 0. The van der Waals surface area contributed by atoms with E-state index in [4.69, 9.17) is 0 Å². The summed E-state index contributed by atoms with van der Waals surface area (Å²) in [6.45, 7) is 18.1. The summed E-state index contributed by atoms with van der Waals surface area (Å²) in [6.07, 6.45) is 1.25. The Labute approximate surface area is 87.1 Å². The molecule has 0 radical (unpaired) electrons. The van der Waals surface area contributed by atoms with Crippen molar-refractivity contribution in [1.29, 1.82) is 0 Å². The molecule has 0 nitrogen and oxygen atoms in total. The van der Waals surface area contributed by atoms with E-state index < -0.39 is 0 Å². The fourth-order valence-corrected chi connectivity index (χ4v) is 0.667. The molecule has 0 saturated heterocycles. The summed E-state index contributed by atoms with van der Waals surface area (Å²) in [7, 11) is 0. The van der Waals surface area contributed by atoms with Gasteiger partial charge in [0.05, 0.1) is 0 Å². The first-order valence-electron chi connectivity index (χ1n) is 5.30. The Kier molecular flexibility index (Phi) is 12.4. The van der Waals surface area contributed by atoms with E-state index in [9.17, 15) is 0 Å². The van der Waals surface area contributed by atoms with E-state index >= 15 is 0 Å². The normalized spacial score (nSPS) is 10.6. The Morgan fingerprint density at radius 3 is 1.00 bits per heavy atom. The van der Waals surface area contributed by atoms with Crippen LogP contribution in [0.3, 0.4) is 0 Å². The van der Waals surface area contributed by atoms with Crippen LogP contribution in [0, 0.1) is 17.3 Å². The average Bonchev–Trinajstić information content (AvgIpc) is 1.88. The predicted molar refractivity (Wildman–Crippen MR) is 66.2 cm³/mol. The minimum Gasteiger partial charge on any atom is -0.0776 e. The van der Waals surface area contributed by atoms with Crippen molar-refractivity contribution < 1.29 is 0 Å². The Balaban J connectivity index is -0.000000220. The van der Waals surface area contributed by atoms with Crippen molar-refractivity contribution in [2.24, 2.45) is 17.3 Å². The van der Waals surface area contributed by atoms with Gasteiger partial charge >= 0.3 is 0 Å². The highest BCUT2D eigenvalue weighted by Crippen LogP contribution is 2.33. The third kappa shape index (κ3) is 8.33. The van der Waals surface area contributed by atoms with Crippen molar-refractivity contribution >= 4 is 0 Å². The van der Waals surface area contributed by atoms with Gasteiger partial charge in [-0.15, -0.1) is 0 Å². The topological polar surface area (TPSA) is 0 Å². The van der Waals surface area contributed by atoms with E-state index in [1.807, 2.05) is 0 Å². The summed E-state index contributed by atoms with van der Waals surface area (Å²) in [6, 6.07) is 0. The zero-order valence-electron chi connectivity index (χ0n) is 10.4. The molecule has 0 aliphatic heterocycles. The van der Waals surface area contributed by atoms with Gasteiger partial charge in [0.1, 0.15) is 0 Å². The standard InChI is InChI=1S/C9H20.C3H8.CH4/c1-7(2)9(5,6)8(3)4;1-3-2;/h7-8H,1-6H3;3H2,1-2H3;1H4. The molecule has 0 heteroatoms. The third-order valence-electron chi connectivity index (χ3n) is 2.98. The van der Waals surface area contributed by atoms with Crippen LogP contribution < -0.4 is 0 Å². The molecule has 0 aromatic carbocycles. The SMILES string of the molecule is C.CC(C)C(C)(C)C(C)C.CCC. The van der Waals surface area contributed by atoms with Crippen LogP contribution >= 0.6 is 0 Å². The van der Waals surface area contributed by atoms with Crippen LogP contribution in [0.5, 0.6) is 0 Å². The molecule has 13 heavy (non-hydrogen) atoms. The van der Waals surface area contributed by atoms with Crippen molar-refractivity contribution in [3.8, 4) is 0 Å². The van der Waals surface area contributed by atoms with Crippen LogP contribution in [0.15, 0.2) is 0 Å². The number of rotatable bonds is 2. The van der Waals surface area contributed by atoms with Crippen molar-refractivity contribution in [3.63, 3.8) is 0 Å². The fourth-order valence-electron chi connectivity index (χ4n) is 0.667. The maximum Gasteiger partial charge on any atom is -0.0308 e. The first-order valence-corrected chi connectivity index (χ1v) is 5.30. The van der Waals surface area contributed by atoms with Gasteiger partial charge in [0.15, 0.2) is 0 Å². The molecule has 0 heterocycles. The molecule has 0 aromatic heterocycles. The van der Waals surface area contributed by atoms with Gasteiger partial charge in [0.25, 0.3) is 0 Å². The van der Waals surface area contributed by atoms with Crippen molar-refractivity contribution in [2.75, 3.05) is 0 Å². The maximum atomic E-state index is 2.34. The largest absolute Gasteiger partial charge is 0.0776 e. The molecular weight excluding hydrogens is 156 g/mol. The second kappa shape index (κ2) is 8.59. The first-order chi connectivity index (χ1) is 5.30. The lowest BCUT2D eigenvalue weighted by atomic mass is 9.72. The van der Waals surface area contributed by atoms with Crippen LogP contribution in [0.1, 0.15) is 69.2 Å².